The summed E-state index contributed by atoms with van der Waals surface area (Å²) in [6.07, 6.45) is 1.98. The summed E-state index contributed by atoms with van der Waals surface area (Å²) < 4.78 is 2.08. The van der Waals surface area contributed by atoms with Gasteiger partial charge in [-0.1, -0.05) is 24.3 Å². The summed E-state index contributed by atoms with van der Waals surface area (Å²) in [6.45, 7) is 0. The van der Waals surface area contributed by atoms with E-state index < -0.39 is 0 Å². The molecule has 1 aromatic heterocycles. The third-order valence-corrected chi connectivity index (χ3v) is 3.98. The quantitative estimate of drug-likeness (QED) is 0.575. The summed E-state index contributed by atoms with van der Waals surface area (Å²) in [4.78, 5) is 11.0. The van der Waals surface area contributed by atoms with Crippen molar-refractivity contribution in [3.05, 3.63) is 88.2 Å². The van der Waals surface area contributed by atoms with Crippen molar-refractivity contribution in [2.75, 3.05) is 5.32 Å². The molecule has 1 aliphatic heterocycles. The van der Waals surface area contributed by atoms with Crippen molar-refractivity contribution in [3.63, 3.8) is 0 Å². The van der Waals surface area contributed by atoms with E-state index in [-0.39, 0.29) is 16.7 Å². The molecule has 5 nitrogen and oxygen atoms in total. The van der Waals surface area contributed by atoms with Crippen molar-refractivity contribution in [3.8, 4) is 5.69 Å². The number of nitro benzene ring substituents is 1. The highest BCUT2D eigenvalue weighted by molar-refractivity contribution is 5.67. The van der Waals surface area contributed by atoms with Crippen LogP contribution in [0.3, 0.4) is 0 Å². The standard InChI is InChI=1S/C17H13N3O2/c21-20(22)14-8-3-1-6-12(14)17-16-10-5-11-19(16)15-9-4-2-7-13(15)18-17/h1-11,17-18H. The van der Waals surface area contributed by atoms with Crippen LogP contribution in [0.25, 0.3) is 5.69 Å². The lowest BCUT2D eigenvalue weighted by Gasteiger charge is -2.29. The van der Waals surface area contributed by atoms with E-state index in [2.05, 4.69) is 9.88 Å². The van der Waals surface area contributed by atoms with E-state index in [4.69, 9.17) is 0 Å². The predicted molar refractivity (Wildman–Crippen MR) is 84.3 cm³/mol. The van der Waals surface area contributed by atoms with Crippen molar-refractivity contribution in [2.45, 2.75) is 6.04 Å². The molecule has 4 rings (SSSR count). The molecule has 0 saturated heterocycles. The summed E-state index contributed by atoms with van der Waals surface area (Å²) in [7, 11) is 0. The van der Waals surface area contributed by atoms with Crippen LogP contribution in [0.2, 0.25) is 0 Å². The lowest BCUT2D eigenvalue weighted by atomic mass is 9.99. The highest BCUT2D eigenvalue weighted by Crippen LogP contribution is 2.39. The average Bonchev–Trinajstić information content (AvgIpc) is 3.04. The number of nitrogens with one attached hydrogen (secondary N) is 1. The van der Waals surface area contributed by atoms with Crippen LogP contribution in [-0.4, -0.2) is 9.49 Å². The Labute approximate surface area is 127 Å². The minimum Gasteiger partial charge on any atom is -0.371 e. The molecular weight excluding hydrogens is 278 g/mol. The van der Waals surface area contributed by atoms with Gasteiger partial charge in [0.05, 0.1) is 27.9 Å². The molecule has 0 spiro atoms. The SMILES string of the molecule is O=[N+]([O-])c1ccccc1C1Nc2ccccc2-n2cccc21. The van der Waals surface area contributed by atoms with E-state index in [1.807, 2.05) is 48.7 Å². The van der Waals surface area contributed by atoms with E-state index in [9.17, 15) is 10.1 Å². The fourth-order valence-electron chi connectivity index (χ4n) is 3.02. The second kappa shape index (κ2) is 4.73. The summed E-state index contributed by atoms with van der Waals surface area (Å²) in [5.41, 5.74) is 3.81. The predicted octanol–water partition coefficient (Wildman–Crippen LogP) is 3.90. The van der Waals surface area contributed by atoms with Gasteiger partial charge in [-0.25, -0.2) is 0 Å². The lowest BCUT2D eigenvalue weighted by Crippen LogP contribution is -2.22. The maximum Gasteiger partial charge on any atom is 0.275 e. The smallest absolute Gasteiger partial charge is 0.275 e. The zero-order valence-corrected chi connectivity index (χ0v) is 11.6. The monoisotopic (exact) mass is 291 g/mol. The van der Waals surface area contributed by atoms with Gasteiger partial charge < -0.3 is 9.88 Å². The number of hydrogen-bond donors (Lipinski definition) is 1. The maximum atomic E-state index is 11.3. The van der Waals surface area contributed by atoms with Crippen LogP contribution in [0.1, 0.15) is 17.3 Å². The molecule has 3 aromatic rings. The number of nitro groups is 1. The average molecular weight is 291 g/mol. The number of aromatic nitrogens is 1. The molecule has 108 valence electrons. The molecule has 5 heteroatoms. The molecule has 1 atom stereocenters. The Morgan fingerprint density at radius 3 is 2.64 bits per heavy atom. The van der Waals surface area contributed by atoms with Gasteiger partial charge in [-0.05, 0) is 30.3 Å². The second-order valence-corrected chi connectivity index (χ2v) is 5.21. The molecule has 0 fully saturated rings. The molecule has 1 unspecified atom stereocenters. The molecule has 1 N–H and O–H groups in total. The molecule has 0 radical (unpaired) electrons. The topological polar surface area (TPSA) is 60.1 Å². The number of rotatable bonds is 2. The maximum absolute atomic E-state index is 11.3. The van der Waals surface area contributed by atoms with Crippen molar-refractivity contribution < 1.29 is 4.92 Å². The van der Waals surface area contributed by atoms with E-state index in [0.717, 1.165) is 17.1 Å². The minimum absolute atomic E-state index is 0.132. The van der Waals surface area contributed by atoms with Gasteiger partial charge in [0.2, 0.25) is 0 Å². The Kier molecular flexibility index (Phi) is 2.72. The minimum atomic E-state index is -0.329. The summed E-state index contributed by atoms with van der Waals surface area (Å²) in [5, 5.41) is 14.8. The molecule has 2 heterocycles. The molecule has 1 aliphatic rings. The first-order valence-corrected chi connectivity index (χ1v) is 7.02. The second-order valence-electron chi connectivity index (χ2n) is 5.21. The van der Waals surface area contributed by atoms with Crippen LogP contribution in [0.4, 0.5) is 11.4 Å². The van der Waals surface area contributed by atoms with E-state index in [1.165, 1.54) is 0 Å². The van der Waals surface area contributed by atoms with Crippen molar-refractivity contribution in [1.82, 2.24) is 4.57 Å². The molecule has 0 aliphatic carbocycles. The van der Waals surface area contributed by atoms with Crippen LogP contribution < -0.4 is 5.32 Å². The Morgan fingerprint density at radius 1 is 1.00 bits per heavy atom. The molecule has 2 aromatic carbocycles. The van der Waals surface area contributed by atoms with Crippen LogP contribution in [0.5, 0.6) is 0 Å². The largest absolute Gasteiger partial charge is 0.371 e. The molecule has 22 heavy (non-hydrogen) atoms. The number of anilines is 1. The molecular formula is C17H13N3O2. The van der Waals surface area contributed by atoms with E-state index in [1.54, 1.807) is 18.2 Å². The third kappa shape index (κ3) is 1.79. The third-order valence-electron chi connectivity index (χ3n) is 3.98. The highest BCUT2D eigenvalue weighted by atomic mass is 16.6. The Hall–Kier alpha value is -3.08. The van der Waals surface area contributed by atoms with Crippen LogP contribution in [0.15, 0.2) is 66.9 Å². The zero-order valence-electron chi connectivity index (χ0n) is 11.6. The van der Waals surface area contributed by atoms with Gasteiger partial charge >= 0.3 is 0 Å². The summed E-state index contributed by atoms with van der Waals surface area (Å²) in [6, 6.07) is 18.5. The first-order chi connectivity index (χ1) is 10.8. The highest BCUT2D eigenvalue weighted by Gasteiger charge is 2.29. The number of nitrogens with zero attached hydrogens (tertiary/aromatic N) is 2. The van der Waals surface area contributed by atoms with E-state index in [0.29, 0.717) is 5.56 Å². The summed E-state index contributed by atoms with van der Waals surface area (Å²) in [5.74, 6) is 0. The molecule has 0 bridgehead atoms. The number of para-hydroxylation sites is 3. The Bertz CT molecular complexity index is 870. The van der Waals surface area contributed by atoms with Crippen LogP contribution in [-0.2, 0) is 0 Å². The van der Waals surface area contributed by atoms with Gasteiger partial charge in [-0.3, -0.25) is 10.1 Å². The van der Waals surface area contributed by atoms with Gasteiger partial charge in [0.15, 0.2) is 0 Å². The normalized spacial score (nSPS) is 15.5. The first-order valence-electron chi connectivity index (χ1n) is 7.02. The van der Waals surface area contributed by atoms with Crippen LogP contribution >= 0.6 is 0 Å². The van der Waals surface area contributed by atoms with Gasteiger partial charge in [0.1, 0.15) is 0 Å². The number of benzene rings is 2. The van der Waals surface area contributed by atoms with Crippen molar-refractivity contribution in [1.29, 1.82) is 0 Å². The van der Waals surface area contributed by atoms with Crippen molar-refractivity contribution in [2.24, 2.45) is 0 Å². The van der Waals surface area contributed by atoms with Crippen LogP contribution in [0, 0.1) is 10.1 Å². The van der Waals surface area contributed by atoms with E-state index >= 15 is 0 Å². The summed E-state index contributed by atoms with van der Waals surface area (Å²) >= 11 is 0. The lowest BCUT2D eigenvalue weighted by molar-refractivity contribution is -0.385. The van der Waals surface area contributed by atoms with Gasteiger partial charge in [-0.15, -0.1) is 0 Å². The fraction of sp³-hybridized carbons (Fsp3) is 0.0588. The first kappa shape index (κ1) is 12.6. The fourth-order valence-corrected chi connectivity index (χ4v) is 3.02. The Balaban J connectivity index is 1.91. The van der Waals surface area contributed by atoms with Crippen molar-refractivity contribution >= 4 is 11.4 Å². The van der Waals surface area contributed by atoms with Gasteiger partial charge in [0.25, 0.3) is 5.69 Å². The van der Waals surface area contributed by atoms with Gasteiger partial charge in [0, 0.05) is 18.0 Å². The molecule has 0 amide bonds. The molecule has 0 saturated carbocycles. The number of fused-ring (bicyclic) bond motifs is 3. The number of hydrogen-bond acceptors (Lipinski definition) is 3. The van der Waals surface area contributed by atoms with Gasteiger partial charge in [-0.2, -0.15) is 0 Å². The zero-order chi connectivity index (χ0) is 15.1. The Morgan fingerprint density at radius 2 is 1.77 bits per heavy atom.